The zero-order chi connectivity index (χ0) is 11.8. The third kappa shape index (κ3) is 2.40. The molecule has 1 aliphatic heterocycles. The molecule has 1 saturated heterocycles. The first-order valence-electron chi connectivity index (χ1n) is 6.27. The second-order valence-electron chi connectivity index (χ2n) is 5.72. The van der Waals surface area contributed by atoms with Crippen molar-refractivity contribution in [3.63, 3.8) is 0 Å². The third-order valence-corrected chi connectivity index (χ3v) is 3.91. The van der Waals surface area contributed by atoms with E-state index >= 15 is 0 Å². The van der Waals surface area contributed by atoms with E-state index in [1.807, 2.05) is 0 Å². The molecule has 0 aromatic carbocycles. The van der Waals surface area contributed by atoms with E-state index in [2.05, 4.69) is 18.7 Å². The molecule has 1 aliphatic carbocycles. The van der Waals surface area contributed by atoms with Crippen LogP contribution in [-0.4, -0.2) is 54.0 Å². The predicted molar refractivity (Wildman–Crippen MR) is 63.2 cm³/mol. The van der Waals surface area contributed by atoms with Gasteiger partial charge in [0.2, 0.25) is 0 Å². The first-order chi connectivity index (χ1) is 7.56. The molecule has 1 saturated carbocycles. The number of morpholine rings is 1. The van der Waals surface area contributed by atoms with Gasteiger partial charge in [-0.05, 0) is 32.6 Å². The third-order valence-electron chi connectivity index (χ3n) is 3.91. The van der Waals surface area contributed by atoms with E-state index in [4.69, 9.17) is 10.5 Å². The molecule has 16 heavy (non-hydrogen) atoms. The summed E-state index contributed by atoms with van der Waals surface area (Å²) >= 11 is 0. The number of ether oxygens (including phenoxy) is 1. The van der Waals surface area contributed by atoms with Crippen LogP contribution in [0.3, 0.4) is 0 Å². The predicted octanol–water partition coefficient (Wildman–Crippen LogP) is 0.195. The second kappa shape index (κ2) is 4.61. The Morgan fingerprint density at radius 3 is 2.69 bits per heavy atom. The lowest BCUT2D eigenvalue weighted by molar-refractivity contribution is -0.0868. The minimum Gasteiger partial charge on any atom is -0.395 e. The van der Waals surface area contributed by atoms with Crippen molar-refractivity contribution in [2.24, 2.45) is 11.7 Å². The normalized spacial score (nSPS) is 30.0. The zero-order valence-electron chi connectivity index (χ0n) is 10.4. The molecule has 2 fully saturated rings. The minimum absolute atomic E-state index is 0.0157. The Bertz CT molecular complexity index is 241. The summed E-state index contributed by atoms with van der Waals surface area (Å²) in [5, 5.41) is 9.60. The van der Waals surface area contributed by atoms with E-state index < -0.39 is 0 Å². The van der Waals surface area contributed by atoms with Gasteiger partial charge in [0.05, 0.1) is 19.8 Å². The lowest BCUT2D eigenvalue weighted by atomic mass is 9.94. The molecule has 0 spiro atoms. The van der Waals surface area contributed by atoms with Crippen molar-refractivity contribution < 1.29 is 9.84 Å². The van der Waals surface area contributed by atoms with Crippen LogP contribution in [-0.2, 0) is 4.74 Å². The largest absolute Gasteiger partial charge is 0.395 e. The first-order valence-corrected chi connectivity index (χ1v) is 6.27. The van der Waals surface area contributed by atoms with E-state index in [9.17, 15) is 5.11 Å². The van der Waals surface area contributed by atoms with Crippen LogP contribution in [0.4, 0.5) is 0 Å². The smallest absolute Gasteiger partial charge is 0.0645 e. The molecule has 2 aliphatic rings. The van der Waals surface area contributed by atoms with Crippen LogP contribution in [0.15, 0.2) is 0 Å². The molecule has 0 aromatic rings. The first kappa shape index (κ1) is 12.3. The Balaban J connectivity index is 2.06. The summed E-state index contributed by atoms with van der Waals surface area (Å²) in [4.78, 5) is 2.33. The second-order valence-corrected chi connectivity index (χ2v) is 5.72. The number of rotatable bonds is 4. The topological polar surface area (TPSA) is 58.7 Å². The van der Waals surface area contributed by atoms with Gasteiger partial charge in [-0.15, -0.1) is 0 Å². The van der Waals surface area contributed by atoms with Gasteiger partial charge in [-0.2, -0.15) is 0 Å². The van der Waals surface area contributed by atoms with Gasteiger partial charge >= 0.3 is 0 Å². The van der Waals surface area contributed by atoms with Crippen LogP contribution in [0.2, 0.25) is 0 Å². The van der Waals surface area contributed by atoms with Gasteiger partial charge in [-0.3, -0.25) is 4.90 Å². The Morgan fingerprint density at radius 1 is 1.50 bits per heavy atom. The van der Waals surface area contributed by atoms with Crippen molar-refractivity contribution in [3.8, 4) is 0 Å². The summed E-state index contributed by atoms with van der Waals surface area (Å²) in [6.45, 7) is 6.82. The van der Waals surface area contributed by atoms with Crippen LogP contribution in [0.1, 0.15) is 26.7 Å². The molecule has 0 radical (unpaired) electrons. The molecule has 2 atom stereocenters. The van der Waals surface area contributed by atoms with E-state index in [0.29, 0.717) is 5.92 Å². The van der Waals surface area contributed by atoms with Gasteiger partial charge in [-0.1, -0.05) is 0 Å². The fraction of sp³-hybridized carbons (Fsp3) is 1.00. The summed E-state index contributed by atoms with van der Waals surface area (Å²) in [5.74, 6) is 0.621. The highest BCUT2D eigenvalue weighted by atomic mass is 16.5. The van der Waals surface area contributed by atoms with E-state index in [1.165, 1.54) is 12.8 Å². The maximum absolute atomic E-state index is 9.60. The van der Waals surface area contributed by atoms with Gasteiger partial charge in [0, 0.05) is 24.2 Å². The lowest BCUT2D eigenvalue weighted by Crippen LogP contribution is -2.63. The molecule has 3 N–H and O–H groups in total. The summed E-state index contributed by atoms with van der Waals surface area (Å²) in [5.41, 5.74) is 6.23. The van der Waals surface area contributed by atoms with Gasteiger partial charge in [0.1, 0.15) is 0 Å². The molecule has 4 heteroatoms. The average molecular weight is 228 g/mol. The number of nitrogens with two attached hydrogens (primary N) is 1. The number of aliphatic hydroxyl groups is 1. The van der Waals surface area contributed by atoms with Gasteiger partial charge < -0.3 is 15.6 Å². The van der Waals surface area contributed by atoms with Crippen LogP contribution >= 0.6 is 0 Å². The fourth-order valence-electron chi connectivity index (χ4n) is 2.71. The van der Waals surface area contributed by atoms with E-state index in [1.54, 1.807) is 0 Å². The standard InChI is InChI=1S/C12H24N2O2/c1-12(2)8-16-6-5-14(12)10(7-15)11(13)9-3-4-9/h9-11,15H,3-8,13H2,1-2H3. The fourth-order valence-corrected chi connectivity index (χ4v) is 2.71. The summed E-state index contributed by atoms with van der Waals surface area (Å²) in [6, 6.07) is 0.203. The van der Waals surface area contributed by atoms with Crippen molar-refractivity contribution >= 4 is 0 Å². The van der Waals surface area contributed by atoms with Crippen molar-refractivity contribution in [1.82, 2.24) is 4.90 Å². The maximum Gasteiger partial charge on any atom is 0.0645 e. The van der Waals surface area contributed by atoms with Crippen LogP contribution in [0.25, 0.3) is 0 Å². The van der Waals surface area contributed by atoms with Crippen molar-refractivity contribution in [2.75, 3.05) is 26.4 Å². The van der Waals surface area contributed by atoms with Crippen molar-refractivity contribution in [1.29, 1.82) is 0 Å². The molecule has 94 valence electrons. The van der Waals surface area contributed by atoms with Crippen LogP contribution in [0.5, 0.6) is 0 Å². The summed E-state index contributed by atoms with van der Waals surface area (Å²) in [6.07, 6.45) is 2.45. The number of nitrogens with zero attached hydrogens (tertiary/aromatic N) is 1. The monoisotopic (exact) mass is 228 g/mol. The van der Waals surface area contributed by atoms with E-state index in [-0.39, 0.29) is 24.2 Å². The molecular weight excluding hydrogens is 204 g/mol. The summed E-state index contributed by atoms with van der Waals surface area (Å²) < 4.78 is 5.50. The molecule has 0 bridgehead atoms. The molecule has 4 nitrogen and oxygen atoms in total. The highest BCUT2D eigenvalue weighted by molar-refractivity contribution is 4.98. The molecular formula is C12H24N2O2. The molecule has 0 amide bonds. The Kier molecular flexibility index (Phi) is 3.54. The highest BCUT2D eigenvalue weighted by Crippen LogP contribution is 2.35. The van der Waals surface area contributed by atoms with Crippen LogP contribution < -0.4 is 5.73 Å². The summed E-state index contributed by atoms with van der Waals surface area (Å²) in [7, 11) is 0. The van der Waals surface area contributed by atoms with Crippen molar-refractivity contribution in [3.05, 3.63) is 0 Å². The quantitative estimate of drug-likeness (QED) is 0.721. The zero-order valence-corrected chi connectivity index (χ0v) is 10.4. The van der Waals surface area contributed by atoms with Gasteiger partial charge in [0.25, 0.3) is 0 Å². The average Bonchev–Trinajstić information content (AvgIpc) is 3.04. The molecule has 0 aromatic heterocycles. The Labute approximate surface area is 97.7 Å². The molecule has 2 unspecified atom stereocenters. The van der Waals surface area contributed by atoms with Crippen LogP contribution in [0, 0.1) is 5.92 Å². The highest BCUT2D eigenvalue weighted by Gasteiger charge is 2.42. The van der Waals surface area contributed by atoms with E-state index in [0.717, 1.165) is 19.8 Å². The SMILES string of the molecule is CC1(C)COCCN1C(CO)C(N)C1CC1. The lowest BCUT2D eigenvalue weighted by Gasteiger charge is -2.47. The molecule has 2 rings (SSSR count). The Morgan fingerprint density at radius 2 is 2.19 bits per heavy atom. The van der Waals surface area contributed by atoms with Crippen molar-refractivity contribution in [2.45, 2.75) is 44.3 Å². The maximum atomic E-state index is 9.60. The van der Waals surface area contributed by atoms with Gasteiger partial charge in [-0.25, -0.2) is 0 Å². The number of hydrogen-bond donors (Lipinski definition) is 2. The number of hydrogen-bond acceptors (Lipinski definition) is 4. The Hall–Kier alpha value is -0.160. The van der Waals surface area contributed by atoms with Gasteiger partial charge in [0.15, 0.2) is 0 Å². The molecule has 1 heterocycles. The minimum atomic E-state index is -0.0157. The number of aliphatic hydroxyl groups excluding tert-OH is 1.